The highest BCUT2D eigenvalue weighted by Gasteiger charge is 2.39. The molecule has 1 N–H and O–H groups in total. The van der Waals surface area contributed by atoms with Crippen molar-refractivity contribution in [1.29, 1.82) is 0 Å². The fourth-order valence-corrected chi connectivity index (χ4v) is 3.88. The molecule has 1 heterocycles. The Morgan fingerprint density at radius 2 is 2.12 bits per heavy atom. The Labute approximate surface area is 152 Å². The molecule has 0 aliphatic heterocycles. The predicted molar refractivity (Wildman–Crippen MR) is 96.7 cm³/mol. The van der Waals surface area contributed by atoms with Crippen molar-refractivity contribution in [1.82, 2.24) is 4.98 Å². The summed E-state index contributed by atoms with van der Waals surface area (Å²) in [6.45, 7) is 1.75. The third-order valence-electron chi connectivity index (χ3n) is 4.49. The molecule has 3 rings (SSSR count). The summed E-state index contributed by atoms with van der Waals surface area (Å²) >= 11 is 6.08. The topological polar surface area (TPSA) is 76.5 Å². The lowest BCUT2D eigenvalue weighted by Gasteiger charge is -2.26. The summed E-state index contributed by atoms with van der Waals surface area (Å²) in [7, 11) is -3.33. The molecule has 0 saturated heterocycles. The zero-order valence-corrected chi connectivity index (χ0v) is 15.6. The van der Waals surface area contributed by atoms with Gasteiger partial charge in [0.15, 0.2) is 9.84 Å². The molecule has 1 aliphatic rings. The van der Waals surface area contributed by atoms with E-state index in [4.69, 9.17) is 16.3 Å². The molecule has 1 fully saturated rings. The molecule has 1 saturated carbocycles. The average Bonchev–Trinajstić information content (AvgIpc) is 2.87. The smallest absolute Gasteiger partial charge is 0.221 e. The van der Waals surface area contributed by atoms with Gasteiger partial charge in [0.25, 0.3) is 0 Å². The minimum atomic E-state index is -3.33. The van der Waals surface area contributed by atoms with Gasteiger partial charge in [0.1, 0.15) is 6.10 Å². The number of hydrogen-bond acceptors (Lipinski definition) is 5. The van der Waals surface area contributed by atoms with E-state index in [2.05, 4.69) is 4.98 Å². The molecule has 1 aromatic carbocycles. The number of aromatic nitrogens is 1. The number of halogens is 1. The Kier molecular flexibility index (Phi) is 4.79. The molecule has 1 aromatic heterocycles. The summed E-state index contributed by atoms with van der Waals surface area (Å²) in [5.41, 5.74) is 0.332. The lowest BCUT2D eigenvalue weighted by molar-refractivity contribution is -0.0267. The molecular formula is C18H20ClNO4S. The zero-order valence-electron chi connectivity index (χ0n) is 14.1. The first-order chi connectivity index (χ1) is 11.7. The van der Waals surface area contributed by atoms with E-state index < -0.39 is 15.4 Å². The number of rotatable bonds is 4. The predicted octanol–water partition coefficient (Wildman–Crippen LogP) is 3.49. The van der Waals surface area contributed by atoms with Gasteiger partial charge in [-0.05, 0) is 49.9 Å². The maximum atomic E-state index is 11.8. The first-order valence-electron chi connectivity index (χ1n) is 8.02. The van der Waals surface area contributed by atoms with Gasteiger partial charge in [0.2, 0.25) is 5.88 Å². The summed E-state index contributed by atoms with van der Waals surface area (Å²) in [4.78, 5) is 4.47. The van der Waals surface area contributed by atoms with E-state index in [1.807, 2.05) is 0 Å². The van der Waals surface area contributed by atoms with Crippen LogP contribution in [0.5, 0.6) is 5.88 Å². The van der Waals surface area contributed by atoms with Gasteiger partial charge < -0.3 is 9.84 Å². The van der Waals surface area contributed by atoms with Crippen LogP contribution in [-0.4, -0.2) is 36.5 Å². The van der Waals surface area contributed by atoms with Crippen molar-refractivity contribution in [2.75, 3.05) is 6.26 Å². The average molecular weight is 382 g/mol. The van der Waals surface area contributed by atoms with E-state index in [1.165, 1.54) is 6.20 Å². The van der Waals surface area contributed by atoms with Gasteiger partial charge in [-0.15, -0.1) is 0 Å². The molecule has 2 atom stereocenters. The minimum Gasteiger partial charge on any atom is -0.471 e. The minimum absolute atomic E-state index is 0.212. The molecule has 7 heteroatoms. The Morgan fingerprint density at radius 3 is 2.76 bits per heavy atom. The van der Waals surface area contributed by atoms with Crippen molar-refractivity contribution >= 4 is 21.4 Å². The van der Waals surface area contributed by atoms with Crippen molar-refractivity contribution in [3.8, 4) is 17.0 Å². The van der Waals surface area contributed by atoms with Crippen molar-refractivity contribution in [3.05, 3.63) is 41.6 Å². The molecule has 25 heavy (non-hydrogen) atoms. The van der Waals surface area contributed by atoms with Gasteiger partial charge >= 0.3 is 0 Å². The Morgan fingerprint density at radius 1 is 1.36 bits per heavy atom. The number of aliphatic hydroxyl groups is 1. The van der Waals surface area contributed by atoms with Crippen LogP contribution < -0.4 is 4.74 Å². The zero-order chi connectivity index (χ0) is 18.2. The van der Waals surface area contributed by atoms with Crippen molar-refractivity contribution in [2.45, 2.75) is 42.8 Å². The second-order valence-corrected chi connectivity index (χ2v) is 9.11. The van der Waals surface area contributed by atoms with Crippen LogP contribution in [0, 0.1) is 0 Å². The maximum Gasteiger partial charge on any atom is 0.221 e. The van der Waals surface area contributed by atoms with Crippen molar-refractivity contribution < 1.29 is 18.3 Å². The molecule has 0 bridgehead atoms. The summed E-state index contributed by atoms with van der Waals surface area (Å²) < 4.78 is 29.6. The third kappa shape index (κ3) is 3.97. The largest absolute Gasteiger partial charge is 0.471 e. The summed E-state index contributed by atoms with van der Waals surface area (Å²) in [6, 6.07) is 8.25. The van der Waals surface area contributed by atoms with Gasteiger partial charge in [-0.1, -0.05) is 23.7 Å². The van der Waals surface area contributed by atoms with Gasteiger partial charge in [-0.3, -0.25) is 0 Å². The number of sulfone groups is 1. The number of hydrogen-bond donors (Lipinski definition) is 1. The van der Waals surface area contributed by atoms with Crippen molar-refractivity contribution in [2.24, 2.45) is 0 Å². The van der Waals surface area contributed by atoms with E-state index in [0.29, 0.717) is 28.5 Å². The van der Waals surface area contributed by atoms with Gasteiger partial charge in [0.05, 0.1) is 15.5 Å². The number of pyridine rings is 1. The molecule has 5 nitrogen and oxygen atoms in total. The highest BCUT2D eigenvalue weighted by molar-refractivity contribution is 7.90. The maximum absolute atomic E-state index is 11.8. The van der Waals surface area contributed by atoms with Crippen LogP contribution in [-0.2, 0) is 9.84 Å². The van der Waals surface area contributed by atoms with Crippen LogP contribution in [0.1, 0.15) is 26.2 Å². The fraction of sp³-hybridized carbons (Fsp3) is 0.389. The third-order valence-corrected chi connectivity index (χ3v) is 5.80. The molecule has 0 spiro atoms. The first kappa shape index (κ1) is 18.2. The summed E-state index contributed by atoms with van der Waals surface area (Å²) in [5.74, 6) is 0.335. The lowest BCUT2D eigenvalue weighted by Crippen LogP contribution is -2.38. The molecule has 134 valence electrons. The van der Waals surface area contributed by atoms with Crippen LogP contribution in [0.25, 0.3) is 11.1 Å². The second-order valence-electron chi connectivity index (χ2n) is 6.66. The van der Waals surface area contributed by atoms with Crippen LogP contribution in [0.2, 0.25) is 5.02 Å². The van der Waals surface area contributed by atoms with Gasteiger partial charge in [0, 0.05) is 18.0 Å². The first-order valence-corrected chi connectivity index (χ1v) is 10.3. The van der Waals surface area contributed by atoms with Crippen molar-refractivity contribution in [3.63, 3.8) is 0 Å². The van der Waals surface area contributed by atoms with Crippen LogP contribution in [0.4, 0.5) is 0 Å². The highest BCUT2D eigenvalue weighted by Crippen LogP contribution is 2.37. The quantitative estimate of drug-likeness (QED) is 0.877. The number of ether oxygens (including phenoxy) is 1. The van der Waals surface area contributed by atoms with Gasteiger partial charge in [-0.2, -0.15) is 0 Å². The standard InChI is InChI=1S/C18H20ClNO4S/c1-18(21)8-4-7-16(18)24-17-15(10-13(19)11-20-17)12-5-3-6-14(9-12)25(2,22)23/h3,5-6,9-11,16,21H,4,7-8H2,1-2H3. The summed E-state index contributed by atoms with van der Waals surface area (Å²) in [5, 5.41) is 10.8. The fourth-order valence-electron chi connectivity index (χ4n) is 3.06. The van der Waals surface area contributed by atoms with E-state index in [-0.39, 0.29) is 11.0 Å². The van der Waals surface area contributed by atoms with Gasteiger partial charge in [-0.25, -0.2) is 13.4 Å². The van der Waals surface area contributed by atoms with Crippen LogP contribution in [0.3, 0.4) is 0 Å². The highest BCUT2D eigenvalue weighted by atomic mass is 35.5. The Balaban J connectivity index is 2.03. The molecule has 0 radical (unpaired) electrons. The second kappa shape index (κ2) is 6.59. The molecule has 0 amide bonds. The molecule has 2 unspecified atom stereocenters. The SMILES string of the molecule is CC1(O)CCCC1Oc1ncc(Cl)cc1-c1cccc(S(C)(=O)=O)c1. The molecular weight excluding hydrogens is 362 g/mol. The normalized spacial score (nSPS) is 23.6. The lowest BCUT2D eigenvalue weighted by atomic mass is 10.0. The molecule has 2 aromatic rings. The van der Waals surface area contributed by atoms with Crippen LogP contribution >= 0.6 is 11.6 Å². The Bertz CT molecular complexity index is 896. The number of benzene rings is 1. The van der Waals surface area contributed by atoms with E-state index in [1.54, 1.807) is 37.3 Å². The Hall–Kier alpha value is -1.63. The van der Waals surface area contributed by atoms with E-state index >= 15 is 0 Å². The summed E-state index contributed by atoms with van der Waals surface area (Å²) in [6.07, 6.45) is 4.56. The van der Waals surface area contributed by atoms with Crippen LogP contribution in [0.15, 0.2) is 41.4 Å². The van der Waals surface area contributed by atoms with E-state index in [9.17, 15) is 13.5 Å². The van der Waals surface area contributed by atoms with E-state index in [0.717, 1.165) is 19.1 Å². The molecule has 1 aliphatic carbocycles. The number of nitrogens with zero attached hydrogens (tertiary/aromatic N) is 1. The monoisotopic (exact) mass is 381 g/mol.